The van der Waals surface area contributed by atoms with Crippen LogP contribution < -0.4 is 9.47 Å². The number of allylic oxidation sites excluding steroid dienone is 1. The van der Waals surface area contributed by atoms with Crippen LogP contribution in [-0.2, 0) is 9.53 Å². The number of ether oxygens (including phenoxy) is 3. The average Bonchev–Trinajstić information content (AvgIpc) is 2.78. The summed E-state index contributed by atoms with van der Waals surface area (Å²) in [6.07, 6.45) is 2.07. The minimum Gasteiger partial charge on any atom is -0.493 e. The molecule has 0 bridgehead atoms. The van der Waals surface area contributed by atoms with Crippen LogP contribution in [0.5, 0.6) is 11.5 Å². The lowest BCUT2D eigenvalue weighted by atomic mass is 9.97. The van der Waals surface area contributed by atoms with Crippen LogP contribution in [0.1, 0.15) is 18.1 Å². The number of hydrogen-bond acceptors (Lipinski definition) is 5. The lowest BCUT2D eigenvalue weighted by molar-refractivity contribution is -0.0979. The number of benzene rings is 2. The highest BCUT2D eigenvalue weighted by atomic mass is 35.5. The second kappa shape index (κ2) is 13.8. The molecule has 0 aliphatic carbocycles. The van der Waals surface area contributed by atoms with Gasteiger partial charge in [0.2, 0.25) is 0 Å². The Balaban J connectivity index is 0.000000390. The summed E-state index contributed by atoms with van der Waals surface area (Å²) >= 11 is 5.94. The zero-order chi connectivity index (χ0) is 21.6. The van der Waals surface area contributed by atoms with Crippen LogP contribution in [-0.4, -0.2) is 59.3 Å². The first-order valence-electron chi connectivity index (χ1n) is 9.28. The molecule has 2 aromatic rings. The highest BCUT2D eigenvalue weighted by Crippen LogP contribution is 2.33. The molecule has 0 spiro atoms. The molecule has 6 heteroatoms. The van der Waals surface area contributed by atoms with Gasteiger partial charge < -0.3 is 23.9 Å². The highest BCUT2D eigenvalue weighted by molar-refractivity contribution is 6.30. The highest BCUT2D eigenvalue weighted by Gasteiger charge is 2.09. The Morgan fingerprint density at radius 1 is 1.00 bits per heavy atom. The fourth-order valence-corrected chi connectivity index (χ4v) is 2.91. The summed E-state index contributed by atoms with van der Waals surface area (Å²) in [5, 5.41) is 0.733. The first kappa shape index (κ1) is 24.7. The summed E-state index contributed by atoms with van der Waals surface area (Å²) in [6.45, 7) is 8.04. The Bertz CT molecular complexity index is 756. The maximum absolute atomic E-state index is 8.00. The van der Waals surface area contributed by atoms with Gasteiger partial charge in [-0.1, -0.05) is 35.9 Å². The van der Waals surface area contributed by atoms with Gasteiger partial charge in [-0.05, 0) is 54.9 Å². The van der Waals surface area contributed by atoms with Gasteiger partial charge in [-0.3, -0.25) is 0 Å². The smallest absolute Gasteiger partial charge is 0.161 e. The zero-order valence-corrected chi connectivity index (χ0v) is 18.4. The maximum Gasteiger partial charge on any atom is 0.161 e. The van der Waals surface area contributed by atoms with E-state index in [2.05, 4.69) is 18.0 Å². The van der Waals surface area contributed by atoms with Crippen LogP contribution in [0.2, 0.25) is 5.02 Å². The van der Waals surface area contributed by atoms with Crippen molar-refractivity contribution in [2.45, 2.75) is 6.92 Å². The second-order valence-corrected chi connectivity index (χ2v) is 6.63. The van der Waals surface area contributed by atoms with Crippen molar-refractivity contribution >= 4 is 24.0 Å². The number of carbonyl (C=O) groups excluding carboxylic acids is 1. The van der Waals surface area contributed by atoms with Crippen molar-refractivity contribution in [3.8, 4) is 11.5 Å². The van der Waals surface area contributed by atoms with Gasteiger partial charge in [-0.25, -0.2) is 0 Å². The largest absolute Gasteiger partial charge is 0.493 e. The molecule has 5 nitrogen and oxygen atoms in total. The standard InChI is InChI=1S/C17H17ClO2.C5H11NO.CH2O/c1-4-15(12-5-8-14(18)9-6-12)13-7-10-16(19-2)17(11-13)20-3;1-6-2-4-7-5-3-6;1-2/h4-11H,1-3H3;2-5H2,1H3;1H2/b15-4-;;. The Hall–Kier alpha value is -2.34. The molecule has 0 atom stereocenters. The first-order valence-corrected chi connectivity index (χ1v) is 9.66. The monoisotopic (exact) mass is 419 g/mol. The summed E-state index contributed by atoms with van der Waals surface area (Å²) in [7, 11) is 5.38. The van der Waals surface area contributed by atoms with Crippen LogP contribution in [0.4, 0.5) is 0 Å². The van der Waals surface area contributed by atoms with E-state index in [0.717, 1.165) is 59.5 Å². The van der Waals surface area contributed by atoms with E-state index in [1.165, 1.54) is 0 Å². The molecule has 1 fully saturated rings. The van der Waals surface area contributed by atoms with E-state index in [1.54, 1.807) is 14.2 Å². The van der Waals surface area contributed by atoms with Crippen LogP contribution in [0.25, 0.3) is 5.57 Å². The average molecular weight is 420 g/mol. The lowest BCUT2D eigenvalue weighted by Crippen LogP contribution is -2.32. The first-order chi connectivity index (χ1) is 14.1. The normalized spacial score (nSPS) is 14.0. The second-order valence-electron chi connectivity index (χ2n) is 6.19. The van der Waals surface area contributed by atoms with Crippen molar-refractivity contribution in [2.24, 2.45) is 0 Å². The fourth-order valence-electron chi connectivity index (χ4n) is 2.79. The van der Waals surface area contributed by atoms with E-state index in [4.69, 9.17) is 30.6 Å². The summed E-state index contributed by atoms with van der Waals surface area (Å²) in [5.74, 6) is 1.45. The van der Waals surface area contributed by atoms with Crippen LogP contribution in [0.3, 0.4) is 0 Å². The summed E-state index contributed by atoms with van der Waals surface area (Å²) in [6, 6.07) is 13.7. The third-order valence-electron chi connectivity index (χ3n) is 4.37. The molecule has 2 aromatic carbocycles. The molecule has 0 radical (unpaired) electrons. The summed E-state index contributed by atoms with van der Waals surface area (Å²) < 4.78 is 15.7. The third-order valence-corrected chi connectivity index (χ3v) is 4.63. The molecule has 158 valence electrons. The number of rotatable bonds is 4. The molecule has 1 aliphatic heterocycles. The molecule has 0 aromatic heterocycles. The van der Waals surface area contributed by atoms with Crippen LogP contribution >= 0.6 is 11.6 Å². The van der Waals surface area contributed by atoms with Crippen LogP contribution in [0, 0.1) is 0 Å². The summed E-state index contributed by atoms with van der Waals surface area (Å²) in [5.41, 5.74) is 3.32. The van der Waals surface area contributed by atoms with Gasteiger partial charge in [0.05, 0.1) is 27.4 Å². The molecule has 29 heavy (non-hydrogen) atoms. The number of carbonyl (C=O) groups is 1. The van der Waals surface area contributed by atoms with Crippen LogP contribution in [0.15, 0.2) is 48.5 Å². The van der Waals surface area contributed by atoms with Gasteiger partial charge in [0.15, 0.2) is 11.5 Å². The zero-order valence-electron chi connectivity index (χ0n) is 17.6. The van der Waals surface area contributed by atoms with Gasteiger partial charge in [0.25, 0.3) is 0 Å². The van der Waals surface area contributed by atoms with E-state index in [1.807, 2.05) is 56.2 Å². The van der Waals surface area contributed by atoms with Gasteiger partial charge >= 0.3 is 0 Å². The van der Waals surface area contributed by atoms with E-state index in [-0.39, 0.29) is 0 Å². The third kappa shape index (κ3) is 7.89. The molecule has 0 unspecified atom stereocenters. The lowest BCUT2D eigenvalue weighted by Gasteiger charge is -2.21. The number of halogens is 1. The molecule has 0 amide bonds. The maximum atomic E-state index is 8.00. The quantitative estimate of drug-likeness (QED) is 0.726. The van der Waals surface area contributed by atoms with Crippen molar-refractivity contribution in [2.75, 3.05) is 47.6 Å². The van der Waals surface area contributed by atoms with Crippen molar-refractivity contribution < 1.29 is 19.0 Å². The van der Waals surface area contributed by atoms with Crippen molar-refractivity contribution in [3.05, 3.63) is 64.7 Å². The van der Waals surface area contributed by atoms with Gasteiger partial charge in [-0.2, -0.15) is 0 Å². The van der Waals surface area contributed by atoms with Gasteiger partial charge in [0, 0.05) is 18.1 Å². The minimum atomic E-state index is 0.721. The predicted molar refractivity (Wildman–Crippen MR) is 119 cm³/mol. The molecule has 0 N–H and O–H groups in total. The molecular formula is C23H30ClNO4. The van der Waals surface area contributed by atoms with E-state index < -0.39 is 0 Å². The molecule has 1 saturated heterocycles. The molecule has 1 heterocycles. The molecule has 1 aliphatic rings. The molecular weight excluding hydrogens is 390 g/mol. The van der Waals surface area contributed by atoms with Gasteiger partial charge in [-0.15, -0.1) is 0 Å². The summed E-state index contributed by atoms with van der Waals surface area (Å²) in [4.78, 5) is 10.3. The molecule has 0 saturated carbocycles. The number of nitrogens with zero attached hydrogens (tertiary/aromatic N) is 1. The topological polar surface area (TPSA) is 48.0 Å². The van der Waals surface area contributed by atoms with Crippen molar-refractivity contribution in [3.63, 3.8) is 0 Å². The number of morpholine rings is 1. The Morgan fingerprint density at radius 3 is 2.00 bits per heavy atom. The Kier molecular flexibility index (Phi) is 11.7. The molecule has 3 rings (SSSR count). The van der Waals surface area contributed by atoms with E-state index in [9.17, 15) is 0 Å². The van der Waals surface area contributed by atoms with Gasteiger partial charge in [0.1, 0.15) is 6.79 Å². The van der Waals surface area contributed by atoms with Crippen molar-refractivity contribution in [1.29, 1.82) is 0 Å². The fraction of sp³-hybridized carbons (Fsp3) is 0.348. The number of hydrogen-bond donors (Lipinski definition) is 0. The Morgan fingerprint density at radius 2 is 1.55 bits per heavy atom. The SMILES string of the molecule is C/C=C(/c1ccc(Cl)cc1)c1ccc(OC)c(OC)c1.C=O.CN1CCOCC1. The van der Waals surface area contributed by atoms with Crippen molar-refractivity contribution in [1.82, 2.24) is 4.90 Å². The number of likely N-dealkylation sites (N-methyl/N-ethyl adjacent to an activating group) is 1. The van der Waals surface area contributed by atoms with E-state index in [0.29, 0.717) is 0 Å². The predicted octanol–water partition coefficient (Wildman–Crippen LogP) is 4.57. The number of methoxy groups -OCH3 is 2. The minimum absolute atomic E-state index is 0.721. The van der Waals surface area contributed by atoms with E-state index >= 15 is 0 Å². The Labute approximate surface area is 178 Å².